The van der Waals surface area contributed by atoms with Crippen LogP contribution in [0.15, 0.2) is 24.3 Å². The Hall–Kier alpha value is -1.06. The van der Waals surface area contributed by atoms with Gasteiger partial charge < -0.3 is 14.8 Å². The summed E-state index contributed by atoms with van der Waals surface area (Å²) in [6.07, 6.45) is 2.21. The molecule has 1 aromatic carbocycles. The van der Waals surface area contributed by atoms with E-state index in [1.54, 1.807) is 0 Å². The summed E-state index contributed by atoms with van der Waals surface area (Å²) in [4.78, 5) is 0. The Morgan fingerprint density at radius 1 is 1.33 bits per heavy atom. The van der Waals surface area contributed by atoms with Crippen molar-refractivity contribution in [3.63, 3.8) is 0 Å². The molecule has 3 nitrogen and oxygen atoms in total. The average molecular weight is 247 g/mol. The van der Waals surface area contributed by atoms with Gasteiger partial charge in [0, 0.05) is 24.6 Å². The number of fused-ring (bicyclic) bond motifs is 1. The zero-order valence-corrected chi connectivity index (χ0v) is 10.9. The summed E-state index contributed by atoms with van der Waals surface area (Å²) in [5.74, 6) is 1.62. The topological polar surface area (TPSA) is 30.5 Å². The molecule has 3 rings (SSSR count). The van der Waals surface area contributed by atoms with Gasteiger partial charge in [-0.05, 0) is 31.4 Å². The van der Waals surface area contributed by atoms with E-state index in [4.69, 9.17) is 9.47 Å². The third-order valence-electron chi connectivity index (χ3n) is 4.08. The molecular formula is C15H21NO2. The van der Waals surface area contributed by atoms with Crippen molar-refractivity contribution in [1.29, 1.82) is 0 Å². The van der Waals surface area contributed by atoms with Crippen LogP contribution in [0.4, 0.5) is 0 Å². The quantitative estimate of drug-likeness (QED) is 0.889. The summed E-state index contributed by atoms with van der Waals surface area (Å²) in [5, 5.41) is 3.69. The molecule has 1 aromatic rings. The molecule has 0 radical (unpaired) electrons. The van der Waals surface area contributed by atoms with E-state index in [-0.39, 0.29) is 5.54 Å². The van der Waals surface area contributed by atoms with Gasteiger partial charge in [0.15, 0.2) is 0 Å². The molecule has 18 heavy (non-hydrogen) atoms. The van der Waals surface area contributed by atoms with Crippen LogP contribution >= 0.6 is 0 Å². The second-order valence-corrected chi connectivity index (χ2v) is 5.62. The van der Waals surface area contributed by atoms with Crippen LogP contribution in [0.25, 0.3) is 0 Å². The van der Waals surface area contributed by atoms with Crippen molar-refractivity contribution in [2.75, 3.05) is 26.4 Å². The van der Waals surface area contributed by atoms with Gasteiger partial charge in [-0.1, -0.05) is 18.2 Å². The van der Waals surface area contributed by atoms with Crippen molar-refractivity contribution in [2.45, 2.75) is 31.2 Å². The van der Waals surface area contributed by atoms with E-state index in [9.17, 15) is 0 Å². The zero-order valence-electron chi connectivity index (χ0n) is 10.9. The number of hydrogen-bond acceptors (Lipinski definition) is 3. The molecule has 1 saturated heterocycles. The normalized spacial score (nSPS) is 30.8. The highest BCUT2D eigenvalue weighted by Crippen LogP contribution is 2.33. The van der Waals surface area contributed by atoms with Crippen LogP contribution < -0.4 is 10.1 Å². The fourth-order valence-electron chi connectivity index (χ4n) is 2.80. The molecule has 0 bridgehead atoms. The van der Waals surface area contributed by atoms with Crippen LogP contribution in [0, 0.1) is 0 Å². The first-order valence-electron chi connectivity index (χ1n) is 6.81. The summed E-state index contributed by atoms with van der Waals surface area (Å²) in [6.45, 7) is 5.81. The number of para-hydroxylation sites is 1. The van der Waals surface area contributed by atoms with Crippen molar-refractivity contribution in [2.24, 2.45) is 0 Å². The van der Waals surface area contributed by atoms with Crippen LogP contribution in [0.2, 0.25) is 0 Å². The van der Waals surface area contributed by atoms with Gasteiger partial charge in [0.1, 0.15) is 5.75 Å². The van der Waals surface area contributed by atoms with E-state index >= 15 is 0 Å². The maximum atomic E-state index is 5.70. The molecule has 0 spiro atoms. The molecule has 0 aromatic heterocycles. The lowest BCUT2D eigenvalue weighted by molar-refractivity contribution is 0.169. The lowest BCUT2D eigenvalue weighted by Gasteiger charge is -2.30. The van der Waals surface area contributed by atoms with E-state index in [0.29, 0.717) is 5.92 Å². The van der Waals surface area contributed by atoms with Gasteiger partial charge >= 0.3 is 0 Å². The van der Waals surface area contributed by atoms with Gasteiger partial charge in [-0.25, -0.2) is 0 Å². The highest BCUT2D eigenvalue weighted by Gasteiger charge is 2.31. The van der Waals surface area contributed by atoms with Crippen LogP contribution in [0.5, 0.6) is 5.75 Å². The Bertz CT molecular complexity index is 413. The van der Waals surface area contributed by atoms with Gasteiger partial charge in [0.2, 0.25) is 0 Å². The predicted molar refractivity (Wildman–Crippen MR) is 71.1 cm³/mol. The molecular weight excluding hydrogens is 226 g/mol. The second-order valence-electron chi connectivity index (χ2n) is 5.62. The summed E-state index contributed by atoms with van der Waals surface area (Å²) in [6, 6.07) is 8.40. The molecule has 2 atom stereocenters. The van der Waals surface area contributed by atoms with Gasteiger partial charge in [-0.2, -0.15) is 0 Å². The Labute approximate surface area is 108 Å². The van der Waals surface area contributed by atoms with Crippen molar-refractivity contribution in [3.8, 4) is 5.75 Å². The van der Waals surface area contributed by atoms with Crippen LogP contribution in [-0.4, -0.2) is 31.9 Å². The lowest BCUT2D eigenvalue weighted by atomic mass is 9.91. The predicted octanol–water partition coefficient (Wildman–Crippen LogP) is 2.32. The number of ether oxygens (including phenoxy) is 2. The highest BCUT2D eigenvalue weighted by molar-refractivity contribution is 5.37. The molecule has 1 fully saturated rings. The highest BCUT2D eigenvalue weighted by atomic mass is 16.5. The Morgan fingerprint density at radius 3 is 3.06 bits per heavy atom. The van der Waals surface area contributed by atoms with E-state index in [1.807, 2.05) is 6.07 Å². The SMILES string of the molecule is CC1(NCC2CCOc3ccccc32)CCOC1. The van der Waals surface area contributed by atoms with Crippen molar-refractivity contribution in [1.82, 2.24) is 5.32 Å². The third kappa shape index (κ3) is 2.38. The lowest BCUT2D eigenvalue weighted by Crippen LogP contribution is -2.45. The summed E-state index contributed by atoms with van der Waals surface area (Å²) in [7, 11) is 0. The minimum Gasteiger partial charge on any atom is -0.493 e. The number of benzene rings is 1. The third-order valence-corrected chi connectivity index (χ3v) is 4.08. The zero-order chi connectivity index (χ0) is 12.4. The Morgan fingerprint density at radius 2 is 2.22 bits per heavy atom. The smallest absolute Gasteiger partial charge is 0.122 e. The largest absolute Gasteiger partial charge is 0.493 e. The summed E-state index contributed by atoms with van der Waals surface area (Å²) < 4.78 is 11.2. The van der Waals surface area contributed by atoms with Gasteiger partial charge in [-0.15, -0.1) is 0 Å². The fourth-order valence-corrected chi connectivity index (χ4v) is 2.80. The molecule has 0 amide bonds. The molecule has 0 saturated carbocycles. The molecule has 2 aliphatic heterocycles. The van der Waals surface area contributed by atoms with E-state index in [0.717, 1.165) is 45.0 Å². The molecule has 2 heterocycles. The van der Waals surface area contributed by atoms with Crippen LogP contribution in [0.1, 0.15) is 31.2 Å². The fraction of sp³-hybridized carbons (Fsp3) is 0.600. The number of rotatable bonds is 3. The Kier molecular flexibility index (Phi) is 3.27. The molecule has 3 heteroatoms. The minimum absolute atomic E-state index is 0.160. The first-order valence-corrected chi connectivity index (χ1v) is 6.81. The van der Waals surface area contributed by atoms with Crippen molar-refractivity contribution < 1.29 is 9.47 Å². The van der Waals surface area contributed by atoms with Crippen LogP contribution in [-0.2, 0) is 4.74 Å². The average Bonchev–Trinajstić information content (AvgIpc) is 2.84. The van der Waals surface area contributed by atoms with Crippen LogP contribution in [0.3, 0.4) is 0 Å². The Balaban J connectivity index is 1.67. The molecule has 0 aliphatic carbocycles. The van der Waals surface area contributed by atoms with Gasteiger partial charge in [-0.3, -0.25) is 0 Å². The van der Waals surface area contributed by atoms with E-state index in [2.05, 4.69) is 30.4 Å². The minimum atomic E-state index is 0.160. The first kappa shape index (κ1) is 12.0. The van der Waals surface area contributed by atoms with Crippen molar-refractivity contribution in [3.05, 3.63) is 29.8 Å². The number of hydrogen-bond donors (Lipinski definition) is 1. The maximum Gasteiger partial charge on any atom is 0.122 e. The standard InChI is InChI=1S/C15H21NO2/c1-15(7-9-17-11-15)16-10-12-6-8-18-14-5-3-2-4-13(12)14/h2-5,12,16H,6-11H2,1H3. The van der Waals surface area contributed by atoms with Gasteiger partial charge in [0.05, 0.1) is 13.2 Å². The molecule has 2 aliphatic rings. The van der Waals surface area contributed by atoms with E-state index < -0.39 is 0 Å². The first-order chi connectivity index (χ1) is 8.77. The van der Waals surface area contributed by atoms with Crippen molar-refractivity contribution >= 4 is 0 Å². The number of nitrogens with one attached hydrogen (secondary N) is 1. The maximum absolute atomic E-state index is 5.70. The van der Waals surface area contributed by atoms with Gasteiger partial charge in [0.25, 0.3) is 0 Å². The monoisotopic (exact) mass is 247 g/mol. The molecule has 1 N–H and O–H groups in total. The van der Waals surface area contributed by atoms with E-state index in [1.165, 1.54) is 5.56 Å². The molecule has 2 unspecified atom stereocenters. The second kappa shape index (κ2) is 4.90. The summed E-state index contributed by atoms with van der Waals surface area (Å²) >= 11 is 0. The molecule has 98 valence electrons. The summed E-state index contributed by atoms with van der Waals surface area (Å²) in [5.41, 5.74) is 1.51.